The molecule has 0 aliphatic heterocycles. The lowest BCUT2D eigenvalue weighted by Gasteiger charge is -2.23. The minimum absolute atomic E-state index is 0.168. The Morgan fingerprint density at radius 3 is 2.32 bits per heavy atom. The minimum atomic E-state index is -1.01. The van der Waals surface area contributed by atoms with Gasteiger partial charge in [-0.05, 0) is 23.5 Å². The molecule has 0 saturated heterocycles. The largest absolute Gasteiger partial charge is 0.480 e. The quantitative estimate of drug-likeness (QED) is 0.877. The van der Waals surface area contributed by atoms with Crippen LogP contribution in [0.3, 0.4) is 0 Å². The molecule has 1 atom stereocenters. The molecule has 1 aromatic carbocycles. The van der Waals surface area contributed by atoms with Gasteiger partial charge in [-0.2, -0.15) is 0 Å². The number of rotatable bonds is 4. The van der Waals surface area contributed by atoms with Crippen LogP contribution in [0.15, 0.2) is 24.3 Å². The molecule has 2 N–H and O–H groups in total. The lowest BCUT2D eigenvalue weighted by atomic mass is 9.83. The van der Waals surface area contributed by atoms with Crippen LogP contribution in [0.25, 0.3) is 0 Å². The maximum absolute atomic E-state index is 12.2. The highest BCUT2D eigenvalue weighted by Gasteiger charge is 2.24. The van der Waals surface area contributed by atoms with Crippen molar-refractivity contribution in [1.82, 2.24) is 5.32 Å². The van der Waals surface area contributed by atoms with Crippen molar-refractivity contribution in [2.24, 2.45) is 0 Å². The Bertz CT molecular complexity index is 475. The van der Waals surface area contributed by atoms with E-state index in [2.05, 4.69) is 5.32 Å². The van der Waals surface area contributed by atoms with Crippen LogP contribution in [0.4, 0.5) is 0 Å². The van der Waals surface area contributed by atoms with E-state index in [0.29, 0.717) is 12.0 Å². The highest BCUT2D eigenvalue weighted by molar-refractivity contribution is 5.98. The first-order valence-electron chi connectivity index (χ1n) is 6.40. The van der Waals surface area contributed by atoms with Crippen molar-refractivity contribution in [1.29, 1.82) is 0 Å². The average Bonchev–Trinajstić information content (AvgIpc) is 2.34. The Kier molecular flexibility index (Phi) is 4.70. The summed E-state index contributed by atoms with van der Waals surface area (Å²) in [6.07, 6.45) is 0.360. The Morgan fingerprint density at radius 1 is 1.26 bits per heavy atom. The number of benzene rings is 1. The van der Waals surface area contributed by atoms with Gasteiger partial charge < -0.3 is 10.4 Å². The summed E-state index contributed by atoms with van der Waals surface area (Å²) in [5.41, 5.74) is 1.28. The zero-order chi connectivity index (χ0) is 14.6. The van der Waals surface area contributed by atoms with Crippen LogP contribution < -0.4 is 5.32 Å². The van der Waals surface area contributed by atoms with Gasteiger partial charge in [0, 0.05) is 5.56 Å². The lowest BCUT2D eigenvalue weighted by Crippen LogP contribution is -2.41. The molecule has 0 unspecified atom stereocenters. The molecule has 1 aromatic rings. The molecule has 1 rings (SSSR count). The molecule has 4 nitrogen and oxygen atoms in total. The molecule has 0 spiro atoms. The summed E-state index contributed by atoms with van der Waals surface area (Å²) in [4.78, 5) is 23.2. The molecule has 0 saturated carbocycles. The van der Waals surface area contributed by atoms with Gasteiger partial charge in [-0.25, -0.2) is 4.79 Å². The van der Waals surface area contributed by atoms with Crippen LogP contribution in [0, 0.1) is 0 Å². The number of carboxylic acid groups (broad SMARTS) is 1. The Balaban J connectivity index is 3.04. The van der Waals surface area contributed by atoms with Crippen molar-refractivity contribution in [3.8, 4) is 0 Å². The maximum atomic E-state index is 12.2. The second kappa shape index (κ2) is 5.87. The summed E-state index contributed by atoms with van der Waals surface area (Å²) in [6, 6.07) is 6.44. The SMILES string of the molecule is CC[C@H](NC(=O)c1ccccc1C(C)(C)C)C(=O)O. The van der Waals surface area contributed by atoms with Gasteiger partial charge in [-0.1, -0.05) is 45.9 Å². The monoisotopic (exact) mass is 263 g/mol. The minimum Gasteiger partial charge on any atom is -0.480 e. The molecule has 1 amide bonds. The fraction of sp³-hybridized carbons (Fsp3) is 0.467. The number of amides is 1. The van der Waals surface area contributed by atoms with Crippen LogP contribution >= 0.6 is 0 Å². The maximum Gasteiger partial charge on any atom is 0.326 e. The van der Waals surface area contributed by atoms with Gasteiger partial charge in [0.1, 0.15) is 6.04 Å². The highest BCUT2D eigenvalue weighted by atomic mass is 16.4. The number of hydrogen-bond acceptors (Lipinski definition) is 2. The van der Waals surface area contributed by atoms with Crippen molar-refractivity contribution in [3.05, 3.63) is 35.4 Å². The van der Waals surface area contributed by atoms with Crippen molar-refractivity contribution in [2.75, 3.05) is 0 Å². The fourth-order valence-corrected chi connectivity index (χ4v) is 1.91. The number of hydrogen-bond donors (Lipinski definition) is 2. The van der Waals surface area contributed by atoms with Crippen molar-refractivity contribution in [2.45, 2.75) is 45.6 Å². The molecule has 0 fully saturated rings. The van der Waals surface area contributed by atoms with E-state index in [1.54, 1.807) is 19.1 Å². The number of aliphatic carboxylic acids is 1. The third-order valence-electron chi connectivity index (χ3n) is 2.99. The normalized spacial score (nSPS) is 12.8. The van der Waals surface area contributed by atoms with E-state index in [9.17, 15) is 9.59 Å². The summed E-state index contributed by atoms with van der Waals surface area (Å²) in [5.74, 6) is -1.34. The van der Waals surface area contributed by atoms with Gasteiger partial charge in [0.05, 0.1) is 0 Å². The molecular formula is C15H21NO3. The van der Waals surface area contributed by atoms with Crippen molar-refractivity contribution < 1.29 is 14.7 Å². The first-order chi connectivity index (χ1) is 8.77. The second-order valence-electron chi connectivity index (χ2n) is 5.57. The summed E-state index contributed by atoms with van der Waals surface area (Å²) >= 11 is 0. The predicted octanol–water partition coefficient (Wildman–Crippen LogP) is 2.58. The third kappa shape index (κ3) is 3.81. The molecule has 0 heterocycles. The second-order valence-corrected chi connectivity index (χ2v) is 5.57. The first kappa shape index (κ1) is 15.2. The molecule has 4 heteroatoms. The van der Waals surface area contributed by atoms with E-state index in [-0.39, 0.29) is 11.3 Å². The smallest absolute Gasteiger partial charge is 0.326 e. The van der Waals surface area contributed by atoms with Gasteiger partial charge in [0.25, 0.3) is 5.91 Å². The van der Waals surface area contributed by atoms with E-state index >= 15 is 0 Å². The number of nitrogens with one attached hydrogen (secondary N) is 1. The summed E-state index contributed by atoms with van der Waals surface area (Å²) in [7, 11) is 0. The van der Waals surface area contributed by atoms with E-state index in [0.717, 1.165) is 5.56 Å². The number of carbonyl (C=O) groups is 2. The molecule has 0 aromatic heterocycles. The van der Waals surface area contributed by atoms with E-state index in [4.69, 9.17) is 5.11 Å². The Morgan fingerprint density at radius 2 is 1.84 bits per heavy atom. The zero-order valence-electron chi connectivity index (χ0n) is 11.9. The molecule has 0 aliphatic carbocycles. The molecule has 0 bridgehead atoms. The summed E-state index contributed by atoms with van der Waals surface area (Å²) in [6.45, 7) is 7.80. The van der Waals surface area contributed by atoms with Crippen molar-refractivity contribution in [3.63, 3.8) is 0 Å². The molecule has 104 valence electrons. The van der Waals surface area contributed by atoms with Gasteiger partial charge in [0.15, 0.2) is 0 Å². The summed E-state index contributed by atoms with van der Waals surface area (Å²) in [5, 5.41) is 11.5. The first-order valence-corrected chi connectivity index (χ1v) is 6.40. The lowest BCUT2D eigenvalue weighted by molar-refractivity contribution is -0.139. The van der Waals surface area contributed by atoms with Gasteiger partial charge >= 0.3 is 5.97 Å². The molecule has 0 radical (unpaired) electrons. The zero-order valence-corrected chi connectivity index (χ0v) is 11.9. The fourth-order valence-electron chi connectivity index (χ4n) is 1.91. The number of carboxylic acids is 1. The van der Waals surface area contributed by atoms with Gasteiger partial charge in [0.2, 0.25) is 0 Å². The van der Waals surface area contributed by atoms with Crippen LogP contribution in [0.2, 0.25) is 0 Å². The van der Waals surface area contributed by atoms with Crippen LogP contribution in [0.1, 0.15) is 50.0 Å². The Hall–Kier alpha value is -1.84. The predicted molar refractivity (Wildman–Crippen MR) is 74.3 cm³/mol. The molecule has 0 aliphatic rings. The van der Waals surface area contributed by atoms with Gasteiger partial charge in [-0.3, -0.25) is 4.79 Å². The molecule has 19 heavy (non-hydrogen) atoms. The van der Waals surface area contributed by atoms with Crippen LogP contribution in [0.5, 0.6) is 0 Å². The average molecular weight is 263 g/mol. The van der Waals surface area contributed by atoms with Crippen LogP contribution in [-0.2, 0) is 10.2 Å². The van der Waals surface area contributed by atoms with Crippen LogP contribution in [-0.4, -0.2) is 23.0 Å². The Labute approximate surface area is 113 Å². The van der Waals surface area contributed by atoms with E-state index in [1.165, 1.54) is 0 Å². The summed E-state index contributed by atoms with van der Waals surface area (Å²) < 4.78 is 0. The third-order valence-corrected chi connectivity index (χ3v) is 2.99. The highest BCUT2D eigenvalue weighted by Crippen LogP contribution is 2.25. The van der Waals surface area contributed by atoms with Crippen molar-refractivity contribution >= 4 is 11.9 Å². The molecular weight excluding hydrogens is 242 g/mol. The topological polar surface area (TPSA) is 66.4 Å². The standard InChI is InChI=1S/C15H21NO3/c1-5-12(14(18)19)16-13(17)10-8-6-7-9-11(10)15(2,3)4/h6-9,12H,5H2,1-4H3,(H,16,17)(H,18,19)/t12-/m0/s1. The number of carbonyl (C=O) groups excluding carboxylic acids is 1. The van der Waals surface area contributed by atoms with E-state index < -0.39 is 12.0 Å². The van der Waals surface area contributed by atoms with E-state index in [1.807, 2.05) is 32.9 Å². The van der Waals surface area contributed by atoms with Gasteiger partial charge in [-0.15, -0.1) is 0 Å².